The standard InChI is InChI=1S/C20H14FNO4/c1-25-15-8-4-12-5-9-19-17(16(12)10-15)11-18(22(23)24)20(26-19)13-2-6-14(21)7-3-13/h2-11,20H,1H3. The summed E-state index contributed by atoms with van der Waals surface area (Å²) in [4.78, 5) is 11.2. The van der Waals surface area contributed by atoms with E-state index in [1.165, 1.54) is 30.3 Å². The lowest BCUT2D eigenvalue weighted by molar-refractivity contribution is -0.434. The molecule has 0 radical (unpaired) electrons. The first-order valence-corrected chi connectivity index (χ1v) is 7.95. The number of ether oxygens (including phenoxy) is 2. The van der Waals surface area contributed by atoms with E-state index in [9.17, 15) is 14.5 Å². The Kier molecular flexibility index (Phi) is 3.80. The Balaban J connectivity index is 1.90. The lowest BCUT2D eigenvalue weighted by atomic mass is 9.97. The van der Waals surface area contributed by atoms with Crippen molar-refractivity contribution in [1.29, 1.82) is 0 Å². The van der Waals surface area contributed by atoms with Crippen molar-refractivity contribution in [3.8, 4) is 11.5 Å². The molecule has 1 heterocycles. The predicted molar refractivity (Wildman–Crippen MR) is 95.2 cm³/mol. The molecule has 0 spiro atoms. The summed E-state index contributed by atoms with van der Waals surface area (Å²) in [5, 5.41) is 13.4. The summed E-state index contributed by atoms with van der Waals surface area (Å²) in [6, 6.07) is 14.7. The molecule has 0 aliphatic carbocycles. The Morgan fingerprint density at radius 1 is 1.12 bits per heavy atom. The van der Waals surface area contributed by atoms with Gasteiger partial charge in [-0.25, -0.2) is 4.39 Å². The van der Waals surface area contributed by atoms with Crippen LogP contribution in [0, 0.1) is 15.9 Å². The maximum atomic E-state index is 13.2. The molecule has 1 aliphatic heterocycles. The maximum absolute atomic E-state index is 13.2. The largest absolute Gasteiger partial charge is 0.497 e. The molecule has 130 valence electrons. The Hall–Kier alpha value is -3.41. The molecule has 0 saturated carbocycles. The minimum Gasteiger partial charge on any atom is -0.497 e. The van der Waals surface area contributed by atoms with Crippen molar-refractivity contribution < 1.29 is 18.8 Å². The molecular formula is C20H14FNO4. The van der Waals surface area contributed by atoms with E-state index in [2.05, 4.69) is 0 Å². The fourth-order valence-electron chi connectivity index (χ4n) is 3.12. The van der Waals surface area contributed by atoms with Gasteiger partial charge in [-0.3, -0.25) is 10.1 Å². The third-order valence-corrected chi connectivity index (χ3v) is 4.42. The van der Waals surface area contributed by atoms with Crippen LogP contribution in [0.2, 0.25) is 0 Å². The molecule has 6 heteroatoms. The fraction of sp³-hybridized carbons (Fsp3) is 0.100. The lowest BCUT2D eigenvalue weighted by Gasteiger charge is -2.23. The van der Waals surface area contributed by atoms with E-state index in [4.69, 9.17) is 9.47 Å². The van der Waals surface area contributed by atoms with E-state index in [0.29, 0.717) is 22.6 Å². The third-order valence-electron chi connectivity index (χ3n) is 4.42. The topological polar surface area (TPSA) is 61.6 Å². The van der Waals surface area contributed by atoms with Gasteiger partial charge < -0.3 is 9.47 Å². The highest BCUT2D eigenvalue weighted by Gasteiger charge is 2.33. The number of methoxy groups -OCH3 is 1. The Morgan fingerprint density at radius 2 is 1.85 bits per heavy atom. The molecule has 26 heavy (non-hydrogen) atoms. The van der Waals surface area contributed by atoms with Gasteiger partial charge in [-0.15, -0.1) is 0 Å². The van der Waals surface area contributed by atoms with Gasteiger partial charge in [0.1, 0.15) is 17.3 Å². The van der Waals surface area contributed by atoms with Crippen LogP contribution in [0.25, 0.3) is 16.8 Å². The summed E-state index contributed by atoms with van der Waals surface area (Å²) in [6.07, 6.45) is 0.621. The van der Waals surface area contributed by atoms with Crippen LogP contribution in [0.5, 0.6) is 11.5 Å². The van der Waals surface area contributed by atoms with Gasteiger partial charge >= 0.3 is 0 Å². The SMILES string of the molecule is COc1ccc2ccc3c(c2c1)C=C([N+](=O)[O-])C(c1ccc(F)cc1)O3. The first-order chi connectivity index (χ1) is 12.6. The highest BCUT2D eigenvalue weighted by atomic mass is 19.1. The Morgan fingerprint density at radius 3 is 2.54 bits per heavy atom. The normalized spacial score (nSPS) is 15.8. The van der Waals surface area contributed by atoms with Crippen LogP contribution >= 0.6 is 0 Å². The molecule has 3 aromatic carbocycles. The maximum Gasteiger partial charge on any atom is 0.291 e. The number of fused-ring (bicyclic) bond motifs is 3. The van der Waals surface area contributed by atoms with Crippen LogP contribution in [-0.4, -0.2) is 12.0 Å². The van der Waals surface area contributed by atoms with Crippen molar-refractivity contribution in [3.05, 3.63) is 87.4 Å². The number of halogens is 1. The number of rotatable bonds is 3. The molecule has 1 unspecified atom stereocenters. The molecule has 0 N–H and O–H groups in total. The average molecular weight is 351 g/mol. The van der Waals surface area contributed by atoms with Gasteiger partial charge in [0.25, 0.3) is 5.70 Å². The molecule has 0 aromatic heterocycles. The van der Waals surface area contributed by atoms with Gasteiger partial charge in [-0.05, 0) is 41.1 Å². The highest BCUT2D eigenvalue weighted by Crippen LogP contribution is 2.41. The Bertz CT molecular complexity index is 1040. The van der Waals surface area contributed by atoms with E-state index in [-0.39, 0.29) is 5.70 Å². The van der Waals surface area contributed by atoms with Crippen molar-refractivity contribution in [2.75, 3.05) is 7.11 Å². The molecule has 0 amide bonds. The number of nitro groups is 1. The zero-order valence-corrected chi connectivity index (χ0v) is 13.8. The molecular weight excluding hydrogens is 337 g/mol. The van der Waals surface area contributed by atoms with Crippen molar-refractivity contribution in [2.45, 2.75) is 6.10 Å². The smallest absolute Gasteiger partial charge is 0.291 e. The van der Waals surface area contributed by atoms with E-state index in [0.717, 1.165) is 10.8 Å². The first kappa shape index (κ1) is 16.1. The number of benzene rings is 3. The second-order valence-electron chi connectivity index (χ2n) is 5.94. The molecule has 0 fully saturated rings. The summed E-state index contributed by atoms with van der Waals surface area (Å²) < 4.78 is 24.4. The van der Waals surface area contributed by atoms with Gasteiger partial charge in [-0.2, -0.15) is 0 Å². The number of hydrogen-bond acceptors (Lipinski definition) is 4. The predicted octanol–water partition coefficient (Wildman–Crippen LogP) is 4.74. The third kappa shape index (κ3) is 2.65. The van der Waals surface area contributed by atoms with Crippen molar-refractivity contribution in [3.63, 3.8) is 0 Å². The molecule has 5 nitrogen and oxygen atoms in total. The number of nitrogens with zero attached hydrogens (tertiary/aromatic N) is 1. The Labute approximate surface area is 148 Å². The summed E-state index contributed by atoms with van der Waals surface area (Å²) in [6.45, 7) is 0. The monoisotopic (exact) mass is 351 g/mol. The van der Waals surface area contributed by atoms with E-state index in [1.807, 2.05) is 24.3 Å². The first-order valence-electron chi connectivity index (χ1n) is 7.95. The molecule has 1 aliphatic rings. The highest BCUT2D eigenvalue weighted by molar-refractivity contribution is 5.94. The summed E-state index contributed by atoms with van der Waals surface area (Å²) in [5.41, 5.74) is 1.05. The van der Waals surface area contributed by atoms with E-state index < -0.39 is 16.8 Å². The van der Waals surface area contributed by atoms with Crippen molar-refractivity contribution >= 4 is 16.8 Å². The lowest BCUT2D eigenvalue weighted by Crippen LogP contribution is -2.19. The summed E-state index contributed by atoms with van der Waals surface area (Å²) in [7, 11) is 1.57. The van der Waals surface area contributed by atoms with Gasteiger partial charge in [0.15, 0.2) is 0 Å². The quantitative estimate of drug-likeness (QED) is 0.505. The van der Waals surface area contributed by atoms with Gasteiger partial charge in [0, 0.05) is 17.2 Å². The second kappa shape index (κ2) is 6.15. The zero-order valence-electron chi connectivity index (χ0n) is 13.8. The fourth-order valence-corrected chi connectivity index (χ4v) is 3.12. The van der Waals surface area contributed by atoms with Crippen LogP contribution in [0.1, 0.15) is 17.2 Å². The van der Waals surface area contributed by atoms with Crippen LogP contribution in [-0.2, 0) is 0 Å². The number of hydrogen-bond donors (Lipinski definition) is 0. The van der Waals surface area contributed by atoms with Crippen LogP contribution in [0.3, 0.4) is 0 Å². The van der Waals surface area contributed by atoms with Crippen molar-refractivity contribution in [1.82, 2.24) is 0 Å². The summed E-state index contributed by atoms with van der Waals surface area (Å²) in [5.74, 6) is 0.781. The zero-order chi connectivity index (χ0) is 18.3. The van der Waals surface area contributed by atoms with Crippen LogP contribution < -0.4 is 9.47 Å². The van der Waals surface area contributed by atoms with Crippen LogP contribution in [0.15, 0.2) is 60.3 Å². The van der Waals surface area contributed by atoms with E-state index in [1.54, 1.807) is 13.2 Å². The minimum absolute atomic E-state index is 0.0978. The van der Waals surface area contributed by atoms with Gasteiger partial charge in [0.2, 0.25) is 6.10 Å². The molecule has 0 saturated heterocycles. The van der Waals surface area contributed by atoms with Crippen LogP contribution in [0.4, 0.5) is 4.39 Å². The van der Waals surface area contributed by atoms with Gasteiger partial charge in [-0.1, -0.05) is 24.3 Å². The van der Waals surface area contributed by atoms with Gasteiger partial charge in [0.05, 0.1) is 12.0 Å². The molecule has 3 aromatic rings. The van der Waals surface area contributed by atoms with E-state index >= 15 is 0 Å². The average Bonchev–Trinajstić information content (AvgIpc) is 2.66. The molecule has 4 rings (SSSR count). The molecule has 0 bridgehead atoms. The minimum atomic E-state index is -0.902. The summed E-state index contributed by atoms with van der Waals surface area (Å²) >= 11 is 0. The molecule has 1 atom stereocenters. The van der Waals surface area contributed by atoms with Crippen molar-refractivity contribution in [2.24, 2.45) is 0 Å². The second-order valence-corrected chi connectivity index (χ2v) is 5.94.